The first-order chi connectivity index (χ1) is 7.83. The molecule has 0 fully saturated rings. The normalized spacial score (nSPS) is 11.1. The van der Waals surface area contributed by atoms with Crippen molar-refractivity contribution in [3.05, 3.63) is 38.7 Å². The molecule has 0 spiro atoms. The van der Waals surface area contributed by atoms with Crippen LogP contribution in [0.5, 0.6) is 0 Å². The van der Waals surface area contributed by atoms with Crippen LogP contribution >= 0.6 is 15.9 Å². The van der Waals surface area contributed by atoms with Crippen LogP contribution in [0.2, 0.25) is 5.32 Å². The van der Waals surface area contributed by atoms with Crippen LogP contribution in [0.1, 0.15) is 26.2 Å². The van der Waals surface area contributed by atoms with E-state index in [0.717, 1.165) is 15.0 Å². The summed E-state index contributed by atoms with van der Waals surface area (Å²) in [5.74, 6) is 0. The van der Waals surface area contributed by atoms with E-state index in [1.54, 1.807) is 0 Å². The first-order valence-corrected chi connectivity index (χ1v) is 10.4. The van der Waals surface area contributed by atoms with E-state index in [9.17, 15) is 0 Å². The molecule has 16 heavy (non-hydrogen) atoms. The monoisotopic (exact) mass is 412 g/mol. The van der Waals surface area contributed by atoms with Gasteiger partial charge in [0.15, 0.2) is 0 Å². The number of halogens is 1. The van der Waals surface area contributed by atoms with Gasteiger partial charge in [-0.15, -0.1) is 0 Å². The van der Waals surface area contributed by atoms with Crippen molar-refractivity contribution in [3.8, 4) is 0 Å². The van der Waals surface area contributed by atoms with E-state index in [1.807, 2.05) is 0 Å². The third-order valence-corrected chi connectivity index (χ3v) is 6.94. The fraction of sp³-hybridized carbons (Fsp3) is 0.385. The van der Waals surface area contributed by atoms with Crippen molar-refractivity contribution in [1.82, 2.24) is 0 Å². The zero-order chi connectivity index (χ0) is 11.6. The van der Waals surface area contributed by atoms with Crippen LogP contribution in [-0.2, 0) is 0 Å². The van der Waals surface area contributed by atoms with E-state index in [2.05, 4.69) is 57.1 Å². The molecule has 0 amide bonds. The molecule has 0 aliphatic carbocycles. The molecular weight excluding hydrogens is 394 g/mol. The first-order valence-electron chi connectivity index (χ1n) is 5.51. The van der Waals surface area contributed by atoms with Gasteiger partial charge in [0.1, 0.15) is 0 Å². The molecule has 0 aromatic heterocycles. The summed E-state index contributed by atoms with van der Waals surface area (Å²) in [7, 11) is 0. The van der Waals surface area contributed by atoms with Gasteiger partial charge in [-0.05, 0) is 0 Å². The molecule has 0 radical (unpaired) electrons. The second-order valence-corrected chi connectivity index (χ2v) is 8.52. The van der Waals surface area contributed by atoms with Gasteiger partial charge in [0.25, 0.3) is 0 Å². The zero-order valence-electron chi connectivity index (χ0n) is 9.49. The second-order valence-electron chi connectivity index (χ2n) is 3.42. The van der Waals surface area contributed by atoms with Gasteiger partial charge in [0, 0.05) is 0 Å². The molecule has 0 atom stereocenters. The maximum atomic E-state index is 3.45. The molecule has 0 saturated heterocycles. The Balaban J connectivity index is 2.14. The van der Waals surface area contributed by atoms with Crippen molar-refractivity contribution < 1.29 is 0 Å². The van der Waals surface area contributed by atoms with Gasteiger partial charge in [-0.25, -0.2) is 0 Å². The summed E-state index contributed by atoms with van der Waals surface area (Å²) in [6.45, 7) is 2.26. The molecule has 0 heterocycles. The Morgan fingerprint density at radius 1 is 1.12 bits per heavy atom. The molecule has 88 valence electrons. The van der Waals surface area contributed by atoms with E-state index >= 15 is 0 Å². The Bertz CT molecular complexity index is 306. The summed E-state index contributed by atoms with van der Waals surface area (Å²) in [6, 6.07) is 8.66. The molecule has 1 aromatic rings. The van der Waals surface area contributed by atoms with Crippen LogP contribution in [-0.4, -0.2) is 29.9 Å². The molecule has 0 nitrogen and oxygen atoms in total. The molecule has 0 aliphatic rings. The van der Waals surface area contributed by atoms with Gasteiger partial charge >= 0.3 is 120 Å². The summed E-state index contributed by atoms with van der Waals surface area (Å²) in [5, 5.41) is 1.41. The minimum absolute atomic E-state index is 0.521. The second kappa shape index (κ2) is 9.50. The molecule has 0 aliphatic heterocycles. The van der Waals surface area contributed by atoms with Gasteiger partial charge in [0.2, 0.25) is 0 Å². The Morgan fingerprint density at radius 3 is 2.56 bits per heavy atom. The van der Waals surface area contributed by atoms with E-state index in [0.29, 0.717) is 15.0 Å². The molecule has 3 heteroatoms. The van der Waals surface area contributed by atoms with Crippen molar-refractivity contribution >= 4 is 50.3 Å². The molecule has 1 aromatic carbocycles. The van der Waals surface area contributed by atoms with Crippen molar-refractivity contribution in [2.24, 2.45) is 0 Å². The average Bonchev–Trinajstić information content (AvgIpc) is 2.30. The summed E-state index contributed by atoms with van der Waals surface area (Å²) in [6.07, 6.45) is 4.14. The Morgan fingerprint density at radius 2 is 1.88 bits per heavy atom. The van der Waals surface area contributed by atoms with Crippen LogP contribution < -0.4 is 4.46 Å². The van der Waals surface area contributed by atoms with Gasteiger partial charge in [-0.1, -0.05) is 0 Å². The van der Waals surface area contributed by atoms with E-state index in [4.69, 9.17) is 0 Å². The van der Waals surface area contributed by atoms with Crippen LogP contribution in [0.15, 0.2) is 38.7 Å². The molecule has 0 bridgehead atoms. The van der Waals surface area contributed by atoms with Gasteiger partial charge in [-0.3, -0.25) is 0 Å². The van der Waals surface area contributed by atoms with Gasteiger partial charge in [-0.2, -0.15) is 0 Å². The Hall–Kier alpha value is 0.479. The predicted molar refractivity (Wildman–Crippen MR) is 78.8 cm³/mol. The summed E-state index contributed by atoms with van der Waals surface area (Å²) < 4.78 is 2.62. The summed E-state index contributed by atoms with van der Waals surface area (Å²) in [5.41, 5.74) is 0. The van der Waals surface area contributed by atoms with E-state index in [1.165, 1.54) is 33.5 Å². The molecule has 1 rings (SSSR count). The molecule has 0 N–H and O–H groups in total. The SMILES string of the molecule is CCCCC[Se]/C=C\[Se]c1ccc(Br)cc1. The number of rotatable bonds is 7. The van der Waals surface area contributed by atoms with Crippen molar-refractivity contribution in [1.29, 1.82) is 0 Å². The van der Waals surface area contributed by atoms with Crippen molar-refractivity contribution in [3.63, 3.8) is 0 Å². The molecule has 0 saturated carbocycles. The van der Waals surface area contributed by atoms with Crippen molar-refractivity contribution in [2.75, 3.05) is 0 Å². The first kappa shape index (κ1) is 14.5. The number of hydrogen-bond acceptors (Lipinski definition) is 0. The maximum absolute atomic E-state index is 3.45. The topological polar surface area (TPSA) is 0 Å². The van der Waals surface area contributed by atoms with Gasteiger partial charge < -0.3 is 0 Å². The Kier molecular flexibility index (Phi) is 8.64. The fourth-order valence-electron chi connectivity index (χ4n) is 1.16. The minimum atomic E-state index is 0.521. The zero-order valence-corrected chi connectivity index (χ0v) is 14.5. The van der Waals surface area contributed by atoms with Crippen LogP contribution in [0.25, 0.3) is 0 Å². The van der Waals surface area contributed by atoms with Crippen LogP contribution in [0.3, 0.4) is 0 Å². The van der Waals surface area contributed by atoms with Gasteiger partial charge in [0.05, 0.1) is 0 Å². The number of benzene rings is 1. The standard InChI is InChI=1S/C13H17BrSe2/c1-2-3-4-9-15-10-11-16-13-7-5-12(14)6-8-13/h5-8,10-11H,2-4,9H2,1H3/b11-10-. The van der Waals surface area contributed by atoms with E-state index in [-0.39, 0.29) is 0 Å². The van der Waals surface area contributed by atoms with Crippen LogP contribution in [0, 0.1) is 0 Å². The predicted octanol–water partition coefficient (Wildman–Crippen LogP) is 3.56. The number of unbranched alkanes of at least 4 members (excludes halogenated alkanes) is 2. The average molecular weight is 411 g/mol. The number of hydrogen-bond donors (Lipinski definition) is 0. The van der Waals surface area contributed by atoms with E-state index < -0.39 is 0 Å². The van der Waals surface area contributed by atoms with Crippen molar-refractivity contribution in [2.45, 2.75) is 31.5 Å². The molecular formula is C13H17BrSe2. The quantitative estimate of drug-likeness (QED) is 0.476. The Labute approximate surface area is 120 Å². The third kappa shape index (κ3) is 6.93. The summed E-state index contributed by atoms with van der Waals surface area (Å²) >= 11 is 4.70. The van der Waals surface area contributed by atoms with Crippen LogP contribution in [0.4, 0.5) is 0 Å². The molecule has 0 unspecified atom stereocenters. The third-order valence-electron chi connectivity index (χ3n) is 2.04. The fourth-order valence-corrected chi connectivity index (χ4v) is 5.18. The summed E-state index contributed by atoms with van der Waals surface area (Å²) in [4.78, 5) is 4.78.